The first kappa shape index (κ1) is 14.6. The van der Waals surface area contributed by atoms with Gasteiger partial charge >= 0.3 is 0 Å². The topological polar surface area (TPSA) is 68.4 Å². The van der Waals surface area contributed by atoms with Crippen molar-refractivity contribution in [2.24, 2.45) is 7.05 Å². The van der Waals surface area contributed by atoms with E-state index in [0.717, 1.165) is 11.4 Å². The molecule has 0 N–H and O–H groups in total. The SMILES string of the molecule is Cn1cccc1[C@@H]1SCCN1C(=O)c1cccc([N+](=O)[O-])c1. The van der Waals surface area contributed by atoms with E-state index in [0.29, 0.717) is 12.1 Å². The first-order chi connectivity index (χ1) is 10.6. The van der Waals surface area contributed by atoms with Crippen molar-refractivity contribution in [2.75, 3.05) is 12.3 Å². The molecule has 1 fully saturated rings. The molecule has 1 aromatic heterocycles. The van der Waals surface area contributed by atoms with Crippen molar-refractivity contribution in [1.29, 1.82) is 0 Å². The summed E-state index contributed by atoms with van der Waals surface area (Å²) in [5.74, 6) is 0.691. The van der Waals surface area contributed by atoms with Gasteiger partial charge in [0.05, 0.1) is 10.6 Å². The Morgan fingerprint density at radius 1 is 1.36 bits per heavy atom. The lowest BCUT2D eigenvalue weighted by Crippen LogP contribution is -2.31. The van der Waals surface area contributed by atoms with Crippen LogP contribution in [0.15, 0.2) is 42.6 Å². The minimum absolute atomic E-state index is 0.0493. The zero-order valence-corrected chi connectivity index (χ0v) is 12.8. The number of aryl methyl sites for hydroxylation is 1. The maximum absolute atomic E-state index is 12.7. The largest absolute Gasteiger partial charge is 0.352 e. The summed E-state index contributed by atoms with van der Waals surface area (Å²) in [6.45, 7) is 0.641. The minimum atomic E-state index is -0.482. The van der Waals surface area contributed by atoms with Gasteiger partial charge in [-0.1, -0.05) is 6.07 Å². The maximum Gasteiger partial charge on any atom is 0.270 e. The monoisotopic (exact) mass is 317 g/mol. The number of carbonyl (C=O) groups is 1. The number of thioether (sulfide) groups is 1. The van der Waals surface area contributed by atoms with E-state index < -0.39 is 4.92 Å². The van der Waals surface area contributed by atoms with Crippen molar-refractivity contribution in [3.63, 3.8) is 0 Å². The molecule has 2 aromatic rings. The zero-order chi connectivity index (χ0) is 15.7. The van der Waals surface area contributed by atoms with E-state index in [1.54, 1.807) is 28.8 Å². The van der Waals surface area contributed by atoms with Gasteiger partial charge in [0.2, 0.25) is 0 Å². The van der Waals surface area contributed by atoms with Gasteiger partial charge in [0.15, 0.2) is 0 Å². The number of hydrogen-bond acceptors (Lipinski definition) is 4. The molecule has 0 spiro atoms. The van der Waals surface area contributed by atoms with Crippen LogP contribution in [-0.2, 0) is 7.05 Å². The molecule has 0 radical (unpaired) electrons. The number of carbonyl (C=O) groups excluding carboxylic acids is 1. The van der Waals surface area contributed by atoms with Gasteiger partial charge in [0, 0.05) is 43.2 Å². The van der Waals surface area contributed by atoms with E-state index in [1.807, 2.05) is 29.9 Å². The lowest BCUT2D eigenvalue weighted by molar-refractivity contribution is -0.384. The van der Waals surface area contributed by atoms with Crippen molar-refractivity contribution >= 4 is 23.4 Å². The highest BCUT2D eigenvalue weighted by Crippen LogP contribution is 2.38. The normalized spacial score (nSPS) is 17.7. The van der Waals surface area contributed by atoms with Crippen LogP contribution in [0.2, 0.25) is 0 Å². The van der Waals surface area contributed by atoms with E-state index in [4.69, 9.17) is 0 Å². The van der Waals surface area contributed by atoms with Gasteiger partial charge in [0.25, 0.3) is 11.6 Å². The molecule has 1 saturated heterocycles. The van der Waals surface area contributed by atoms with Gasteiger partial charge < -0.3 is 9.47 Å². The van der Waals surface area contributed by atoms with Gasteiger partial charge in [-0.2, -0.15) is 0 Å². The molecule has 3 rings (SSSR count). The van der Waals surface area contributed by atoms with E-state index >= 15 is 0 Å². The third kappa shape index (κ3) is 2.59. The Hall–Kier alpha value is -2.28. The number of hydrogen-bond donors (Lipinski definition) is 0. The molecule has 1 aliphatic heterocycles. The summed E-state index contributed by atoms with van der Waals surface area (Å²) in [6, 6.07) is 9.85. The molecule has 0 unspecified atom stereocenters. The molecule has 1 atom stereocenters. The van der Waals surface area contributed by atoms with Crippen molar-refractivity contribution in [3.8, 4) is 0 Å². The molecule has 1 amide bonds. The molecule has 6 nitrogen and oxygen atoms in total. The Morgan fingerprint density at radius 2 is 2.18 bits per heavy atom. The van der Waals surface area contributed by atoms with Crippen molar-refractivity contribution in [1.82, 2.24) is 9.47 Å². The first-order valence-corrected chi connectivity index (χ1v) is 7.91. The second-order valence-electron chi connectivity index (χ2n) is 5.07. The minimum Gasteiger partial charge on any atom is -0.352 e. The fourth-order valence-electron chi connectivity index (χ4n) is 2.57. The quantitative estimate of drug-likeness (QED) is 0.645. The van der Waals surface area contributed by atoms with Gasteiger partial charge in [-0.15, -0.1) is 11.8 Å². The fourth-order valence-corrected chi connectivity index (χ4v) is 3.89. The van der Waals surface area contributed by atoms with E-state index in [1.165, 1.54) is 12.1 Å². The molecular formula is C15H15N3O3S. The zero-order valence-electron chi connectivity index (χ0n) is 12.0. The molecule has 7 heteroatoms. The van der Waals surface area contributed by atoms with Crippen molar-refractivity contribution in [2.45, 2.75) is 5.37 Å². The van der Waals surface area contributed by atoms with E-state index in [-0.39, 0.29) is 17.0 Å². The predicted octanol–water partition coefficient (Wildman–Crippen LogP) is 2.82. The first-order valence-electron chi connectivity index (χ1n) is 6.86. The van der Waals surface area contributed by atoms with Crippen LogP contribution in [0.5, 0.6) is 0 Å². The smallest absolute Gasteiger partial charge is 0.270 e. The summed E-state index contributed by atoms with van der Waals surface area (Å²) < 4.78 is 2.00. The van der Waals surface area contributed by atoms with Gasteiger partial charge in [-0.3, -0.25) is 14.9 Å². The van der Waals surface area contributed by atoms with Crippen LogP contribution >= 0.6 is 11.8 Å². The lowest BCUT2D eigenvalue weighted by atomic mass is 10.1. The Labute approximate surface area is 131 Å². The highest BCUT2D eigenvalue weighted by molar-refractivity contribution is 7.99. The molecule has 0 bridgehead atoms. The van der Waals surface area contributed by atoms with Gasteiger partial charge in [-0.25, -0.2) is 0 Å². The summed E-state index contributed by atoms with van der Waals surface area (Å²) in [5.41, 5.74) is 1.35. The average Bonchev–Trinajstić information content (AvgIpc) is 3.14. The Morgan fingerprint density at radius 3 is 2.86 bits per heavy atom. The Kier molecular flexibility index (Phi) is 3.89. The number of nitro benzene ring substituents is 1. The van der Waals surface area contributed by atoms with E-state index in [9.17, 15) is 14.9 Å². The van der Waals surface area contributed by atoms with Crippen molar-refractivity contribution in [3.05, 3.63) is 64.0 Å². The Bertz CT molecular complexity index is 728. The number of rotatable bonds is 3. The highest BCUT2D eigenvalue weighted by Gasteiger charge is 2.32. The summed E-state index contributed by atoms with van der Waals surface area (Å²) in [6.07, 6.45) is 1.95. The number of nitro groups is 1. The number of amides is 1. The van der Waals surface area contributed by atoms with Crippen LogP contribution in [0.4, 0.5) is 5.69 Å². The van der Waals surface area contributed by atoms with Crippen LogP contribution in [0, 0.1) is 10.1 Å². The summed E-state index contributed by atoms with van der Waals surface area (Å²) >= 11 is 1.71. The molecular weight excluding hydrogens is 302 g/mol. The molecule has 0 aliphatic carbocycles. The number of nitrogens with zero attached hydrogens (tertiary/aromatic N) is 3. The van der Waals surface area contributed by atoms with Crippen LogP contribution in [-0.4, -0.2) is 32.6 Å². The molecule has 114 valence electrons. The Balaban J connectivity index is 1.89. The van der Waals surface area contributed by atoms with Crippen LogP contribution < -0.4 is 0 Å². The average molecular weight is 317 g/mol. The second kappa shape index (κ2) is 5.84. The maximum atomic E-state index is 12.7. The summed E-state index contributed by atoms with van der Waals surface area (Å²) in [7, 11) is 1.95. The summed E-state index contributed by atoms with van der Waals surface area (Å²) in [4.78, 5) is 24.9. The fraction of sp³-hybridized carbons (Fsp3) is 0.267. The molecule has 22 heavy (non-hydrogen) atoms. The van der Waals surface area contributed by atoms with Crippen molar-refractivity contribution < 1.29 is 9.72 Å². The van der Waals surface area contributed by atoms with Gasteiger partial charge in [-0.05, 0) is 18.2 Å². The molecule has 1 aromatic carbocycles. The van der Waals surface area contributed by atoms with Crippen LogP contribution in [0.25, 0.3) is 0 Å². The summed E-state index contributed by atoms with van der Waals surface area (Å²) in [5, 5.41) is 10.8. The van der Waals surface area contributed by atoms with Crippen LogP contribution in [0.1, 0.15) is 21.4 Å². The molecule has 2 heterocycles. The number of aromatic nitrogens is 1. The number of non-ortho nitro benzene ring substituents is 1. The standard InChI is InChI=1S/C15H15N3O3S/c1-16-7-3-6-13(16)15-17(8-9-22-15)14(19)11-4-2-5-12(10-11)18(20)21/h2-7,10,15H,8-9H2,1H3/t15-/m0/s1. The van der Waals surface area contributed by atoms with E-state index in [2.05, 4.69) is 0 Å². The third-order valence-electron chi connectivity index (χ3n) is 3.69. The third-order valence-corrected chi connectivity index (χ3v) is 4.92. The van der Waals surface area contributed by atoms with Crippen LogP contribution in [0.3, 0.4) is 0 Å². The predicted molar refractivity (Wildman–Crippen MR) is 84.7 cm³/mol. The molecule has 1 aliphatic rings. The number of benzene rings is 1. The van der Waals surface area contributed by atoms with Gasteiger partial charge in [0.1, 0.15) is 5.37 Å². The lowest BCUT2D eigenvalue weighted by Gasteiger charge is -2.24. The molecule has 0 saturated carbocycles. The second-order valence-corrected chi connectivity index (χ2v) is 6.26. The highest BCUT2D eigenvalue weighted by atomic mass is 32.2.